The van der Waals surface area contributed by atoms with Gasteiger partial charge in [-0.15, -0.1) is 0 Å². The molecular formula is C7H16N2O7S. The molecule has 0 aliphatic heterocycles. The van der Waals surface area contributed by atoms with E-state index in [-0.39, 0.29) is 6.42 Å². The van der Waals surface area contributed by atoms with E-state index in [1.807, 2.05) is 0 Å². The topological polar surface area (TPSA) is 167 Å². The van der Waals surface area contributed by atoms with Gasteiger partial charge in [-0.3, -0.25) is 14.8 Å². The van der Waals surface area contributed by atoms with Gasteiger partial charge in [0.15, 0.2) is 15.1 Å². The average molecular weight is 272 g/mol. The molecule has 2 atom stereocenters. The molecule has 0 fully saturated rings. The van der Waals surface area contributed by atoms with Crippen molar-refractivity contribution in [2.75, 3.05) is 0 Å². The molecule has 0 aromatic carbocycles. The Morgan fingerprint density at radius 2 is 1.76 bits per heavy atom. The predicted molar refractivity (Wildman–Crippen MR) is 56.0 cm³/mol. The quantitative estimate of drug-likeness (QED) is 0.297. The van der Waals surface area contributed by atoms with Crippen molar-refractivity contribution in [1.82, 2.24) is 5.48 Å². The number of nitrogens with two attached hydrogens (primary N) is 1. The molecule has 2 unspecified atom stereocenters. The lowest BCUT2D eigenvalue weighted by atomic mass is 10.3. The second-order valence-corrected chi connectivity index (χ2v) is 5.40. The van der Waals surface area contributed by atoms with Gasteiger partial charge in [0, 0.05) is 0 Å². The van der Waals surface area contributed by atoms with Crippen LogP contribution in [-0.4, -0.2) is 46.3 Å². The van der Waals surface area contributed by atoms with Crippen LogP contribution in [0.1, 0.15) is 20.3 Å². The normalized spacial score (nSPS) is 13.9. The summed E-state index contributed by atoms with van der Waals surface area (Å²) in [5, 5.41) is 20.1. The summed E-state index contributed by atoms with van der Waals surface area (Å²) in [6.07, 6.45) is -0.105. The van der Waals surface area contributed by atoms with Gasteiger partial charge in [0.05, 0.1) is 0 Å². The number of hydrogen-bond acceptors (Lipinski definition) is 7. The van der Waals surface area contributed by atoms with Gasteiger partial charge in [0.2, 0.25) is 0 Å². The molecule has 0 aromatic heterocycles. The van der Waals surface area contributed by atoms with Crippen molar-refractivity contribution in [3.05, 3.63) is 0 Å². The minimum absolute atomic E-state index is 0.105. The molecule has 0 rings (SSSR count). The maximum atomic E-state index is 11.6. The van der Waals surface area contributed by atoms with E-state index >= 15 is 0 Å². The maximum absolute atomic E-state index is 11.6. The van der Waals surface area contributed by atoms with E-state index in [1.54, 1.807) is 0 Å². The first-order chi connectivity index (χ1) is 7.78. The van der Waals surface area contributed by atoms with Crippen LogP contribution in [0, 0.1) is 0 Å². The Morgan fingerprint density at radius 1 is 1.35 bits per heavy atom. The van der Waals surface area contributed by atoms with E-state index in [2.05, 4.69) is 5.90 Å². The Kier molecular flexibility index (Phi) is 8.48. The van der Waals surface area contributed by atoms with Gasteiger partial charge in [0.1, 0.15) is 5.25 Å². The number of aliphatic carboxylic acids is 1. The summed E-state index contributed by atoms with van der Waals surface area (Å²) in [5.74, 6) is 0.852. The van der Waals surface area contributed by atoms with E-state index in [4.69, 9.17) is 15.5 Å². The Morgan fingerprint density at radius 3 is 2.00 bits per heavy atom. The van der Waals surface area contributed by atoms with Crippen LogP contribution in [-0.2, 0) is 19.4 Å². The SMILES string of the molecule is CCC(C(=O)NO)S(=O)(=O)C(C)C(=O)O.NO. The summed E-state index contributed by atoms with van der Waals surface area (Å²) in [7, 11) is -4.13. The standard InChI is InChI=1S/C7H13NO6S.H3NO/c1-3-5(6(9)8-12)15(13,14)4(2)7(10)11;1-2/h4-5,12H,3H2,1-2H3,(H,8,9)(H,10,11);2H,1H2. The summed E-state index contributed by atoms with van der Waals surface area (Å²) in [4.78, 5) is 21.5. The van der Waals surface area contributed by atoms with Gasteiger partial charge in [-0.1, -0.05) is 6.92 Å². The van der Waals surface area contributed by atoms with Crippen LogP contribution in [0.15, 0.2) is 0 Å². The number of carbonyl (C=O) groups is 2. The molecule has 0 aromatic rings. The van der Waals surface area contributed by atoms with Crippen LogP contribution in [0.5, 0.6) is 0 Å². The Balaban J connectivity index is 0. The van der Waals surface area contributed by atoms with Crippen LogP contribution < -0.4 is 11.4 Å². The minimum atomic E-state index is -4.13. The predicted octanol–water partition coefficient (Wildman–Crippen LogP) is -1.51. The van der Waals surface area contributed by atoms with Crippen molar-refractivity contribution in [3.8, 4) is 0 Å². The number of carboxylic acid groups (broad SMARTS) is 1. The number of nitrogens with one attached hydrogen (secondary N) is 1. The summed E-state index contributed by atoms with van der Waals surface area (Å²) in [6, 6.07) is 0. The second kappa shape index (κ2) is 7.95. The van der Waals surface area contributed by atoms with Crippen molar-refractivity contribution < 1.29 is 33.5 Å². The summed E-state index contributed by atoms with van der Waals surface area (Å²) in [6.45, 7) is 2.39. The van der Waals surface area contributed by atoms with Crippen LogP contribution in [0.25, 0.3) is 0 Å². The molecule has 0 aliphatic carbocycles. The van der Waals surface area contributed by atoms with Crippen molar-refractivity contribution in [2.24, 2.45) is 5.90 Å². The van der Waals surface area contributed by atoms with E-state index in [9.17, 15) is 18.0 Å². The molecule has 10 heteroatoms. The molecule has 0 radical (unpaired) electrons. The summed E-state index contributed by atoms with van der Waals surface area (Å²) < 4.78 is 23.1. The molecule has 17 heavy (non-hydrogen) atoms. The highest BCUT2D eigenvalue weighted by Gasteiger charge is 2.38. The highest BCUT2D eigenvalue weighted by molar-refractivity contribution is 7.94. The molecule has 0 spiro atoms. The Hall–Kier alpha value is -1.23. The van der Waals surface area contributed by atoms with E-state index < -0.39 is 32.2 Å². The third-order valence-corrected chi connectivity index (χ3v) is 4.54. The van der Waals surface area contributed by atoms with E-state index in [0.29, 0.717) is 0 Å². The van der Waals surface area contributed by atoms with E-state index in [1.165, 1.54) is 12.4 Å². The minimum Gasteiger partial charge on any atom is -0.480 e. The molecule has 0 aliphatic rings. The van der Waals surface area contributed by atoms with E-state index in [0.717, 1.165) is 6.92 Å². The van der Waals surface area contributed by atoms with Gasteiger partial charge in [-0.25, -0.2) is 19.8 Å². The fourth-order valence-electron chi connectivity index (χ4n) is 1.03. The van der Waals surface area contributed by atoms with Crippen LogP contribution in [0.2, 0.25) is 0 Å². The van der Waals surface area contributed by atoms with Gasteiger partial charge < -0.3 is 10.3 Å². The zero-order valence-electron chi connectivity index (χ0n) is 9.32. The third-order valence-electron chi connectivity index (χ3n) is 2.01. The van der Waals surface area contributed by atoms with Gasteiger partial charge >= 0.3 is 5.97 Å². The molecule has 0 bridgehead atoms. The Bertz CT molecular complexity index is 353. The number of carboxylic acids is 1. The zero-order valence-corrected chi connectivity index (χ0v) is 10.1. The largest absolute Gasteiger partial charge is 0.480 e. The van der Waals surface area contributed by atoms with Crippen LogP contribution in [0.4, 0.5) is 0 Å². The average Bonchev–Trinajstić information content (AvgIpc) is 2.30. The molecule has 0 saturated carbocycles. The van der Waals surface area contributed by atoms with Gasteiger partial charge in [-0.05, 0) is 13.3 Å². The summed E-state index contributed by atoms with van der Waals surface area (Å²) in [5.41, 5.74) is 1.20. The fraction of sp³-hybridized carbons (Fsp3) is 0.714. The maximum Gasteiger partial charge on any atom is 0.321 e. The van der Waals surface area contributed by atoms with Crippen molar-refractivity contribution in [2.45, 2.75) is 30.8 Å². The monoisotopic (exact) mass is 272 g/mol. The molecule has 0 saturated heterocycles. The van der Waals surface area contributed by atoms with Crippen LogP contribution in [0.3, 0.4) is 0 Å². The van der Waals surface area contributed by atoms with Crippen molar-refractivity contribution in [1.29, 1.82) is 0 Å². The molecule has 102 valence electrons. The number of amides is 1. The Labute approximate surface area is 98.1 Å². The number of rotatable bonds is 5. The lowest BCUT2D eigenvalue weighted by molar-refractivity contribution is -0.136. The lowest BCUT2D eigenvalue weighted by Crippen LogP contribution is -2.44. The van der Waals surface area contributed by atoms with Crippen molar-refractivity contribution >= 4 is 21.7 Å². The first-order valence-corrected chi connectivity index (χ1v) is 6.05. The van der Waals surface area contributed by atoms with Crippen LogP contribution >= 0.6 is 0 Å². The molecule has 9 nitrogen and oxygen atoms in total. The highest BCUT2D eigenvalue weighted by atomic mass is 32.2. The summed E-state index contributed by atoms with van der Waals surface area (Å²) >= 11 is 0. The zero-order chi connectivity index (χ0) is 14.2. The molecule has 6 N–H and O–H groups in total. The smallest absolute Gasteiger partial charge is 0.321 e. The highest BCUT2D eigenvalue weighted by Crippen LogP contribution is 2.13. The molecular weight excluding hydrogens is 256 g/mol. The fourth-order valence-corrected chi connectivity index (χ4v) is 2.62. The number of hydroxylamine groups is 1. The first-order valence-electron chi connectivity index (χ1n) is 4.44. The number of carbonyl (C=O) groups excluding carboxylic acids is 1. The van der Waals surface area contributed by atoms with Gasteiger partial charge in [0.25, 0.3) is 5.91 Å². The molecule has 1 amide bonds. The number of sulfone groups is 1. The first kappa shape index (κ1) is 18.1. The van der Waals surface area contributed by atoms with Crippen molar-refractivity contribution in [3.63, 3.8) is 0 Å². The third kappa shape index (κ3) is 4.65. The van der Waals surface area contributed by atoms with Gasteiger partial charge in [-0.2, -0.15) is 0 Å². The number of hydrogen-bond donors (Lipinski definition) is 5. The second-order valence-electron chi connectivity index (χ2n) is 2.94. The lowest BCUT2D eigenvalue weighted by Gasteiger charge is -2.16. The molecule has 0 heterocycles.